The van der Waals surface area contributed by atoms with Crippen LogP contribution in [0.15, 0.2) is 0 Å². The molecule has 2 heterocycles. The van der Waals surface area contributed by atoms with E-state index in [1.165, 1.54) is 0 Å². The summed E-state index contributed by atoms with van der Waals surface area (Å²) >= 11 is 0. The summed E-state index contributed by atoms with van der Waals surface area (Å²) in [5, 5.41) is 18.4. The monoisotopic (exact) mass is 243 g/mol. The number of likely N-dealkylation sites (tertiary alicyclic amines) is 1. The van der Waals surface area contributed by atoms with Gasteiger partial charge in [0.05, 0.1) is 18.1 Å². The van der Waals surface area contributed by atoms with Gasteiger partial charge in [-0.2, -0.15) is 0 Å². The van der Waals surface area contributed by atoms with Gasteiger partial charge in [-0.05, 0) is 25.8 Å². The minimum absolute atomic E-state index is 0.179. The predicted molar refractivity (Wildman–Crippen MR) is 61.9 cm³/mol. The predicted octanol–water partition coefficient (Wildman–Crippen LogP) is 0.467. The van der Waals surface area contributed by atoms with E-state index in [9.17, 15) is 9.90 Å². The fraction of sp³-hybridized carbons (Fsp3) is 0.917. The van der Waals surface area contributed by atoms with Crippen LogP contribution in [0.5, 0.6) is 0 Å². The quantitative estimate of drug-likeness (QED) is 0.754. The molecular formula is C12H21NO4. The first-order valence-corrected chi connectivity index (χ1v) is 6.36. The van der Waals surface area contributed by atoms with Gasteiger partial charge >= 0.3 is 5.97 Å². The maximum Gasteiger partial charge on any atom is 0.304 e. The number of ether oxygens (including phenoxy) is 1. The highest BCUT2D eigenvalue weighted by atomic mass is 16.5. The summed E-state index contributed by atoms with van der Waals surface area (Å²) in [7, 11) is 0. The molecule has 0 amide bonds. The molecule has 5 nitrogen and oxygen atoms in total. The van der Waals surface area contributed by atoms with Gasteiger partial charge in [-0.3, -0.25) is 9.69 Å². The van der Waals surface area contributed by atoms with Crippen molar-refractivity contribution < 1.29 is 19.7 Å². The molecule has 2 rings (SSSR count). The molecule has 2 saturated heterocycles. The number of nitrogens with zero attached hydrogens (tertiary/aromatic N) is 1. The molecule has 2 atom stereocenters. The van der Waals surface area contributed by atoms with Crippen LogP contribution in [-0.2, 0) is 9.53 Å². The van der Waals surface area contributed by atoms with E-state index < -0.39 is 5.97 Å². The van der Waals surface area contributed by atoms with Gasteiger partial charge in [0.1, 0.15) is 0 Å². The lowest BCUT2D eigenvalue weighted by molar-refractivity contribution is -0.149. The van der Waals surface area contributed by atoms with Crippen molar-refractivity contribution >= 4 is 5.97 Å². The number of carbonyl (C=O) groups is 1. The lowest BCUT2D eigenvalue weighted by Crippen LogP contribution is -2.54. The van der Waals surface area contributed by atoms with Crippen LogP contribution in [-0.4, -0.2) is 59.0 Å². The van der Waals surface area contributed by atoms with Crippen LogP contribution in [0.1, 0.15) is 32.1 Å². The van der Waals surface area contributed by atoms with Crippen LogP contribution in [0.2, 0.25) is 0 Å². The lowest BCUT2D eigenvalue weighted by Gasteiger charge is -2.46. The Hall–Kier alpha value is -0.650. The van der Waals surface area contributed by atoms with Crippen molar-refractivity contribution in [3.05, 3.63) is 0 Å². The Morgan fingerprint density at radius 3 is 3.06 bits per heavy atom. The Balaban J connectivity index is 1.89. The van der Waals surface area contributed by atoms with E-state index in [0.717, 1.165) is 32.4 Å². The maximum absolute atomic E-state index is 10.6. The molecule has 0 aromatic carbocycles. The van der Waals surface area contributed by atoms with Crippen LogP contribution in [0.3, 0.4) is 0 Å². The molecule has 17 heavy (non-hydrogen) atoms. The van der Waals surface area contributed by atoms with Crippen molar-refractivity contribution in [1.29, 1.82) is 0 Å². The van der Waals surface area contributed by atoms with Crippen molar-refractivity contribution in [2.45, 2.75) is 43.8 Å². The summed E-state index contributed by atoms with van der Waals surface area (Å²) in [6.45, 7) is 2.90. The molecular weight excluding hydrogens is 222 g/mol. The Kier molecular flexibility index (Phi) is 4.01. The number of hydrogen-bond donors (Lipinski definition) is 2. The number of carboxylic acid groups (broad SMARTS) is 1. The second-order valence-corrected chi connectivity index (χ2v) is 5.20. The first-order valence-electron chi connectivity index (χ1n) is 6.36. The third kappa shape index (κ3) is 3.40. The normalized spacial score (nSPS) is 35.0. The van der Waals surface area contributed by atoms with Gasteiger partial charge < -0.3 is 14.9 Å². The minimum atomic E-state index is -0.755. The average molecular weight is 243 g/mol. The number of aliphatic hydroxyl groups excluding tert-OH is 1. The molecule has 2 unspecified atom stereocenters. The zero-order valence-electron chi connectivity index (χ0n) is 10.1. The third-order valence-corrected chi connectivity index (χ3v) is 3.73. The molecule has 0 aromatic heterocycles. The summed E-state index contributed by atoms with van der Waals surface area (Å²) in [4.78, 5) is 12.7. The smallest absolute Gasteiger partial charge is 0.304 e. The molecule has 0 aliphatic carbocycles. The topological polar surface area (TPSA) is 70.0 Å². The van der Waals surface area contributed by atoms with E-state index in [1.807, 2.05) is 0 Å². The van der Waals surface area contributed by atoms with Crippen molar-refractivity contribution in [2.24, 2.45) is 0 Å². The molecule has 98 valence electrons. The van der Waals surface area contributed by atoms with Gasteiger partial charge in [0, 0.05) is 26.1 Å². The highest BCUT2D eigenvalue weighted by molar-refractivity contribution is 5.66. The van der Waals surface area contributed by atoms with Crippen LogP contribution in [0, 0.1) is 0 Å². The Morgan fingerprint density at radius 2 is 2.35 bits per heavy atom. The molecule has 2 N–H and O–H groups in total. The van der Waals surface area contributed by atoms with E-state index in [-0.39, 0.29) is 18.1 Å². The second-order valence-electron chi connectivity index (χ2n) is 5.20. The number of aliphatic carboxylic acids is 1. The van der Waals surface area contributed by atoms with Crippen molar-refractivity contribution in [3.8, 4) is 0 Å². The highest BCUT2D eigenvalue weighted by Crippen LogP contribution is 2.33. The van der Waals surface area contributed by atoms with E-state index in [1.54, 1.807) is 0 Å². The standard InChI is InChI=1S/C12H21NO4/c14-10-3-7-17-12(8-10)4-1-5-13(9-12)6-2-11(15)16/h10,14H,1-9H2,(H,15,16). The van der Waals surface area contributed by atoms with Gasteiger partial charge in [0.15, 0.2) is 0 Å². The molecule has 0 aromatic rings. The fourth-order valence-corrected chi connectivity index (χ4v) is 2.92. The molecule has 0 bridgehead atoms. The first-order chi connectivity index (χ1) is 8.10. The van der Waals surface area contributed by atoms with Crippen LogP contribution >= 0.6 is 0 Å². The molecule has 2 aliphatic rings. The molecule has 1 spiro atoms. The summed E-state index contributed by atoms with van der Waals surface area (Å²) in [6.07, 6.45) is 3.33. The van der Waals surface area contributed by atoms with Gasteiger partial charge in [0.25, 0.3) is 0 Å². The van der Waals surface area contributed by atoms with Crippen LogP contribution in [0.25, 0.3) is 0 Å². The van der Waals surface area contributed by atoms with E-state index in [4.69, 9.17) is 9.84 Å². The molecule has 0 radical (unpaired) electrons. The van der Waals surface area contributed by atoms with E-state index in [2.05, 4.69) is 4.90 Å². The van der Waals surface area contributed by atoms with Crippen molar-refractivity contribution in [1.82, 2.24) is 4.90 Å². The number of rotatable bonds is 3. The largest absolute Gasteiger partial charge is 0.481 e. The SMILES string of the molecule is O=C(O)CCN1CCCC2(CC(O)CCO2)C1. The fourth-order valence-electron chi connectivity index (χ4n) is 2.92. The summed E-state index contributed by atoms with van der Waals surface area (Å²) < 4.78 is 5.86. The number of hydrogen-bond acceptors (Lipinski definition) is 4. The summed E-state index contributed by atoms with van der Waals surface area (Å²) in [6, 6.07) is 0. The molecule has 0 saturated carbocycles. The zero-order chi connectivity index (χ0) is 12.3. The zero-order valence-corrected chi connectivity index (χ0v) is 10.1. The van der Waals surface area contributed by atoms with Gasteiger partial charge in [-0.15, -0.1) is 0 Å². The van der Waals surface area contributed by atoms with Crippen molar-refractivity contribution in [2.75, 3.05) is 26.2 Å². The lowest BCUT2D eigenvalue weighted by atomic mass is 9.84. The van der Waals surface area contributed by atoms with Gasteiger partial charge in [-0.25, -0.2) is 0 Å². The average Bonchev–Trinajstić information content (AvgIpc) is 2.26. The summed E-state index contributed by atoms with van der Waals surface area (Å²) in [5.74, 6) is -0.755. The number of aliphatic hydroxyl groups is 1. The first kappa shape index (κ1) is 12.8. The van der Waals surface area contributed by atoms with Gasteiger partial charge in [-0.1, -0.05) is 0 Å². The molecule has 2 aliphatic heterocycles. The minimum Gasteiger partial charge on any atom is -0.481 e. The maximum atomic E-state index is 10.6. The van der Waals surface area contributed by atoms with Crippen molar-refractivity contribution in [3.63, 3.8) is 0 Å². The molecule has 2 fully saturated rings. The highest BCUT2D eigenvalue weighted by Gasteiger charge is 2.40. The van der Waals surface area contributed by atoms with Crippen LogP contribution in [0.4, 0.5) is 0 Å². The summed E-state index contributed by atoms with van der Waals surface area (Å²) in [5.41, 5.74) is -0.228. The Bertz CT molecular complexity index is 280. The van der Waals surface area contributed by atoms with Gasteiger partial charge in [0.2, 0.25) is 0 Å². The van der Waals surface area contributed by atoms with Crippen LogP contribution < -0.4 is 0 Å². The second kappa shape index (κ2) is 5.33. The Morgan fingerprint density at radius 1 is 1.53 bits per heavy atom. The number of piperidine rings is 1. The number of carboxylic acids is 1. The van der Waals surface area contributed by atoms with E-state index in [0.29, 0.717) is 19.6 Å². The Labute approximate surface area is 101 Å². The third-order valence-electron chi connectivity index (χ3n) is 3.73. The van der Waals surface area contributed by atoms with E-state index >= 15 is 0 Å². The molecule has 5 heteroatoms.